The van der Waals surface area contributed by atoms with Crippen LogP contribution in [-0.2, 0) is 4.79 Å². The SMILES string of the molecule is C#Cc1ccc(C(=O)Nc2cc(NC=O)cc(NC(=O)c3ccc(C#C)cc3C(=O)O)c2)c(C(=O)O)c1. The summed E-state index contributed by atoms with van der Waals surface area (Å²) in [5.41, 5.74) is -0.0995. The number of carboxylic acids is 2. The molecule has 0 aliphatic carbocycles. The first-order chi connectivity index (χ1) is 17.7. The Labute approximate surface area is 210 Å². The van der Waals surface area contributed by atoms with Crippen LogP contribution in [0.5, 0.6) is 0 Å². The Morgan fingerprint density at radius 1 is 0.649 bits per heavy atom. The Morgan fingerprint density at radius 2 is 1.05 bits per heavy atom. The number of benzene rings is 3. The summed E-state index contributed by atoms with van der Waals surface area (Å²) < 4.78 is 0. The fourth-order valence-electron chi connectivity index (χ4n) is 3.34. The first kappa shape index (κ1) is 25.7. The molecule has 0 bridgehead atoms. The van der Waals surface area contributed by atoms with Crippen LogP contribution >= 0.6 is 0 Å². The molecule has 0 fully saturated rings. The van der Waals surface area contributed by atoms with E-state index in [9.17, 15) is 34.2 Å². The molecule has 0 spiro atoms. The van der Waals surface area contributed by atoms with Gasteiger partial charge in [-0.3, -0.25) is 14.4 Å². The van der Waals surface area contributed by atoms with E-state index in [1.807, 2.05) is 0 Å². The van der Waals surface area contributed by atoms with Gasteiger partial charge in [-0.2, -0.15) is 0 Å². The zero-order chi connectivity index (χ0) is 27.1. The number of nitrogens with one attached hydrogen (secondary N) is 3. The number of terminal acetylenes is 2. The Balaban J connectivity index is 1.95. The highest BCUT2D eigenvalue weighted by Gasteiger charge is 2.20. The number of hydrogen-bond donors (Lipinski definition) is 5. The summed E-state index contributed by atoms with van der Waals surface area (Å²) in [6.45, 7) is 0. The van der Waals surface area contributed by atoms with Gasteiger partial charge in [-0.05, 0) is 54.6 Å². The standard InChI is InChI=1S/C27H17N3O7/c1-3-15-5-7-20(22(9-15)26(34)35)24(32)29-18-11-17(28-14-31)12-19(13-18)30-25(33)21-8-6-16(4-2)10-23(21)27(36)37/h1-2,5-14H,(H,28,31)(H,29,32)(H,30,33)(H,34,35)(H,36,37). The van der Waals surface area contributed by atoms with Crippen LogP contribution < -0.4 is 16.0 Å². The molecule has 5 N–H and O–H groups in total. The highest BCUT2D eigenvalue weighted by Crippen LogP contribution is 2.25. The number of carboxylic acid groups (broad SMARTS) is 2. The predicted molar refractivity (Wildman–Crippen MR) is 135 cm³/mol. The van der Waals surface area contributed by atoms with Gasteiger partial charge in [-0.15, -0.1) is 12.8 Å². The first-order valence-electron chi connectivity index (χ1n) is 10.3. The maximum Gasteiger partial charge on any atom is 0.336 e. The minimum absolute atomic E-state index is 0.0886. The third kappa shape index (κ3) is 5.98. The lowest BCUT2D eigenvalue weighted by atomic mass is 10.0. The van der Waals surface area contributed by atoms with E-state index >= 15 is 0 Å². The maximum atomic E-state index is 12.9. The van der Waals surface area contributed by atoms with Gasteiger partial charge in [0.15, 0.2) is 0 Å². The van der Waals surface area contributed by atoms with Gasteiger partial charge in [0.05, 0.1) is 22.3 Å². The second-order valence-electron chi connectivity index (χ2n) is 7.39. The van der Waals surface area contributed by atoms with Crippen molar-refractivity contribution in [3.63, 3.8) is 0 Å². The minimum Gasteiger partial charge on any atom is -0.478 e. The van der Waals surface area contributed by atoms with E-state index in [1.165, 1.54) is 54.6 Å². The van der Waals surface area contributed by atoms with Crippen molar-refractivity contribution in [1.82, 2.24) is 0 Å². The van der Waals surface area contributed by atoms with E-state index in [0.29, 0.717) is 6.41 Å². The fraction of sp³-hybridized carbons (Fsp3) is 0. The molecule has 3 amide bonds. The molecule has 0 atom stereocenters. The Bertz CT molecular complexity index is 1440. The zero-order valence-corrected chi connectivity index (χ0v) is 18.9. The van der Waals surface area contributed by atoms with Crippen molar-refractivity contribution in [2.75, 3.05) is 16.0 Å². The second kappa shape index (κ2) is 11.0. The number of hydrogen-bond acceptors (Lipinski definition) is 5. The highest BCUT2D eigenvalue weighted by atomic mass is 16.4. The summed E-state index contributed by atoms with van der Waals surface area (Å²) in [4.78, 5) is 59.9. The molecule has 0 saturated heterocycles. The molecule has 0 aliphatic heterocycles. The van der Waals surface area contributed by atoms with Crippen LogP contribution in [0.3, 0.4) is 0 Å². The molecule has 182 valence electrons. The van der Waals surface area contributed by atoms with Crippen LogP contribution in [0.15, 0.2) is 54.6 Å². The van der Waals surface area contributed by atoms with E-state index in [4.69, 9.17) is 12.8 Å². The molecule has 10 heteroatoms. The molecule has 0 aliphatic rings. The van der Waals surface area contributed by atoms with E-state index in [2.05, 4.69) is 27.8 Å². The van der Waals surface area contributed by atoms with Crippen molar-refractivity contribution in [3.8, 4) is 24.7 Å². The van der Waals surface area contributed by atoms with E-state index in [-0.39, 0.29) is 50.4 Å². The van der Waals surface area contributed by atoms with Crippen LogP contribution in [-0.4, -0.2) is 40.4 Å². The Morgan fingerprint density at radius 3 is 1.41 bits per heavy atom. The lowest BCUT2D eigenvalue weighted by Gasteiger charge is -2.13. The van der Waals surface area contributed by atoms with Crippen molar-refractivity contribution in [2.24, 2.45) is 0 Å². The number of carbonyl (C=O) groups is 5. The lowest BCUT2D eigenvalue weighted by molar-refractivity contribution is -0.105. The second-order valence-corrected chi connectivity index (χ2v) is 7.39. The smallest absolute Gasteiger partial charge is 0.336 e. The van der Waals surface area contributed by atoms with E-state index in [1.54, 1.807) is 0 Å². The van der Waals surface area contributed by atoms with Gasteiger partial charge >= 0.3 is 11.9 Å². The quantitative estimate of drug-likeness (QED) is 0.237. The molecule has 0 aromatic heterocycles. The van der Waals surface area contributed by atoms with Gasteiger partial charge < -0.3 is 26.2 Å². The van der Waals surface area contributed by atoms with Gasteiger partial charge in [0.2, 0.25) is 6.41 Å². The molecular formula is C27H17N3O7. The average molecular weight is 495 g/mol. The average Bonchev–Trinajstić information content (AvgIpc) is 2.87. The summed E-state index contributed by atoms with van der Waals surface area (Å²) in [6, 6.07) is 11.8. The van der Waals surface area contributed by atoms with Gasteiger partial charge in [0.1, 0.15) is 0 Å². The largest absolute Gasteiger partial charge is 0.478 e. The molecular weight excluding hydrogens is 478 g/mol. The molecule has 0 saturated carbocycles. The van der Waals surface area contributed by atoms with E-state index < -0.39 is 23.8 Å². The topological polar surface area (TPSA) is 162 Å². The van der Waals surface area contributed by atoms with E-state index in [0.717, 1.165) is 0 Å². The van der Waals surface area contributed by atoms with Crippen molar-refractivity contribution in [2.45, 2.75) is 0 Å². The van der Waals surface area contributed by atoms with Gasteiger partial charge in [-0.25, -0.2) is 9.59 Å². The van der Waals surface area contributed by atoms with Crippen molar-refractivity contribution in [3.05, 3.63) is 88.0 Å². The molecule has 0 heterocycles. The minimum atomic E-state index is -1.36. The molecule has 0 radical (unpaired) electrons. The number of amides is 3. The zero-order valence-electron chi connectivity index (χ0n) is 18.9. The third-order valence-electron chi connectivity index (χ3n) is 5.00. The van der Waals surface area contributed by atoms with Crippen LogP contribution in [0.25, 0.3) is 0 Å². The first-order valence-corrected chi connectivity index (χ1v) is 10.3. The number of carbonyl (C=O) groups excluding carboxylic acids is 3. The van der Waals surface area contributed by atoms with Crippen molar-refractivity contribution < 1.29 is 34.2 Å². The summed E-state index contributed by atoms with van der Waals surface area (Å²) in [7, 11) is 0. The van der Waals surface area contributed by atoms with Gasteiger partial charge in [-0.1, -0.05) is 11.8 Å². The van der Waals surface area contributed by atoms with Crippen LogP contribution in [0.2, 0.25) is 0 Å². The Hall–Kier alpha value is -5.87. The summed E-state index contributed by atoms with van der Waals surface area (Å²) in [5, 5.41) is 26.3. The number of anilines is 3. The van der Waals surface area contributed by atoms with Gasteiger partial charge in [0, 0.05) is 28.2 Å². The predicted octanol–water partition coefficient (Wildman–Crippen LogP) is 3.12. The maximum absolute atomic E-state index is 12.9. The van der Waals surface area contributed by atoms with Crippen LogP contribution in [0.4, 0.5) is 17.1 Å². The third-order valence-corrected chi connectivity index (χ3v) is 5.00. The van der Waals surface area contributed by atoms with Crippen LogP contribution in [0, 0.1) is 24.7 Å². The fourth-order valence-corrected chi connectivity index (χ4v) is 3.34. The highest BCUT2D eigenvalue weighted by molar-refractivity contribution is 6.13. The molecule has 3 rings (SSSR count). The molecule has 37 heavy (non-hydrogen) atoms. The molecule has 3 aromatic rings. The number of aromatic carboxylic acids is 2. The van der Waals surface area contributed by atoms with Gasteiger partial charge in [0.25, 0.3) is 11.8 Å². The summed E-state index contributed by atoms with van der Waals surface area (Å²) in [6.07, 6.45) is 11.0. The normalized spacial score (nSPS) is 9.78. The molecule has 3 aromatic carbocycles. The monoisotopic (exact) mass is 495 g/mol. The van der Waals surface area contributed by atoms with Crippen LogP contribution in [0.1, 0.15) is 52.6 Å². The summed E-state index contributed by atoms with van der Waals surface area (Å²) in [5.74, 6) is 0.273. The van der Waals surface area contributed by atoms with Crippen molar-refractivity contribution >= 4 is 47.2 Å². The van der Waals surface area contributed by atoms with Crippen molar-refractivity contribution in [1.29, 1.82) is 0 Å². The molecule has 0 unspecified atom stereocenters. The summed E-state index contributed by atoms with van der Waals surface area (Å²) >= 11 is 0. The lowest BCUT2D eigenvalue weighted by Crippen LogP contribution is -2.18. The molecule has 10 nitrogen and oxygen atoms in total. The number of rotatable bonds is 8. The Kier molecular flexibility index (Phi) is 7.68.